The summed E-state index contributed by atoms with van der Waals surface area (Å²) in [5, 5.41) is 8.46. The van der Waals surface area contributed by atoms with E-state index >= 15 is 0 Å². The third-order valence-electron chi connectivity index (χ3n) is 1.79. The number of carboxylic acid groups (broad SMARTS) is 1. The van der Waals surface area contributed by atoms with E-state index in [0.717, 1.165) is 0 Å². The quantitative estimate of drug-likeness (QED) is 0.828. The van der Waals surface area contributed by atoms with Crippen LogP contribution in [0.3, 0.4) is 0 Å². The number of halogens is 2. The van der Waals surface area contributed by atoms with Gasteiger partial charge in [-0.2, -0.15) is 4.39 Å². The zero-order valence-electron chi connectivity index (χ0n) is 7.42. The Bertz CT molecular complexity index is 399. The van der Waals surface area contributed by atoms with Crippen LogP contribution in [0.15, 0.2) is 34.6 Å². The molecule has 1 aromatic rings. The first kappa shape index (κ1) is 10.9. The Kier molecular flexibility index (Phi) is 3.41. The topological polar surface area (TPSA) is 37.3 Å². The predicted molar refractivity (Wildman–Crippen MR) is 55.5 cm³/mol. The van der Waals surface area contributed by atoms with E-state index in [-0.39, 0.29) is 5.57 Å². The first-order chi connectivity index (χ1) is 6.54. The summed E-state index contributed by atoms with van der Waals surface area (Å²) in [6.45, 7) is 1.43. The van der Waals surface area contributed by atoms with Gasteiger partial charge >= 0.3 is 5.97 Å². The Labute approximate surface area is 89.2 Å². The molecule has 0 saturated heterocycles. The molecule has 0 fully saturated rings. The summed E-state index contributed by atoms with van der Waals surface area (Å²) in [4.78, 5) is 10.4. The number of carbonyl (C=O) groups is 1. The highest BCUT2D eigenvalue weighted by molar-refractivity contribution is 9.10. The molecule has 0 aromatic heterocycles. The van der Waals surface area contributed by atoms with Crippen molar-refractivity contribution in [3.05, 3.63) is 40.1 Å². The predicted octanol–water partition coefficient (Wildman–Crippen LogP) is 3.23. The summed E-state index contributed by atoms with van der Waals surface area (Å²) in [6.07, 6.45) is 0. The summed E-state index contributed by atoms with van der Waals surface area (Å²) in [7, 11) is 0. The van der Waals surface area contributed by atoms with Gasteiger partial charge in [-0.05, 0) is 18.6 Å². The van der Waals surface area contributed by atoms with Crippen LogP contribution in [0, 0.1) is 0 Å². The molecule has 0 saturated carbocycles. The number of hydrogen-bond acceptors (Lipinski definition) is 1. The molecule has 1 aromatic carbocycles. The molecule has 0 aliphatic rings. The molecule has 74 valence electrons. The first-order valence-corrected chi connectivity index (χ1v) is 4.68. The van der Waals surface area contributed by atoms with Crippen molar-refractivity contribution in [3.8, 4) is 0 Å². The number of carboxylic acids is 1. The van der Waals surface area contributed by atoms with Crippen LogP contribution in [0.25, 0.3) is 5.57 Å². The monoisotopic (exact) mass is 258 g/mol. The largest absolute Gasteiger partial charge is 0.476 e. The number of rotatable bonds is 2. The Balaban J connectivity index is 3.25. The first-order valence-electron chi connectivity index (χ1n) is 3.88. The van der Waals surface area contributed by atoms with Gasteiger partial charge in [-0.25, -0.2) is 4.79 Å². The zero-order chi connectivity index (χ0) is 10.7. The second-order valence-electron chi connectivity index (χ2n) is 2.72. The highest BCUT2D eigenvalue weighted by atomic mass is 79.9. The fraction of sp³-hybridized carbons (Fsp3) is 0.100. The number of benzene rings is 1. The molecule has 0 heterocycles. The summed E-state index contributed by atoms with van der Waals surface area (Å²) in [6, 6.07) is 6.88. The highest BCUT2D eigenvalue weighted by Crippen LogP contribution is 2.26. The van der Waals surface area contributed by atoms with E-state index in [1.807, 2.05) is 0 Å². The van der Waals surface area contributed by atoms with E-state index < -0.39 is 11.8 Å². The Morgan fingerprint density at radius 2 is 2.00 bits per heavy atom. The lowest BCUT2D eigenvalue weighted by Gasteiger charge is -2.04. The smallest absolute Gasteiger partial charge is 0.365 e. The van der Waals surface area contributed by atoms with Crippen LogP contribution >= 0.6 is 15.9 Å². The lowest BCUT2D eigenvalue weighted by atomic mass is 10.1. The van der Waals surface area contributed by atoms with Crippen molar-refractivity contribution in [2.24, 2.45) is 0 Å². The van der Waals surface area contributed by atoms with Crippen molar-refractivity contribution in [2.45, 2.75) is 6.92 Å². The summed E-state index contributed by atoms with van der Waals surface area (Å²) < 4.78 is 13.7. The van der Waals surface area contributed by atoms with Crippen molar-refractivity contribution in [1.29, 1.82) is 0 Å². The standard InChI is InChI=1S/C10H8BrFO2/c1-6(9(12)10(13)14)7-4-2-3-5-8(7)11/h2-5H,1H3,(H,13,14)/b9-6-. The van der Waals surface area contributed by atoms with Gasteiger partial charge in [-0.15, -0.1) is 0 Å². The van der Waals surface area contributed by atoms with Gasteiger partial charge in [0.1, 0.15) is 0 Å². The molecule has 2 nitrogen and oxygen atoms in total. The number of aliphatic carboxylic acids is 1. The highest BCUT2D eigenvalue weighted by Gasteiger charge is 2.13. The van der Waals surface area contributed by atoms with Gasteiger partial charge < -0.3 is 5.11 Å². The average Bonchev–Trinajstić information content (AvgIpc) is 2.16. The molecule has 1 rings (SSSR count). The molecule has 0 bridgehead atoms. The minimum absolute atomic E-state index is 0.116. The molecule has 0 aliphatic carbocycles. The molecule has 1 N–H and O–H groups in total. The van der Waals surface area contributed by atoms with Gasteiger partial charge in [0.05, 0.1) is 0 Å². The van der Waals surface area contributed by atoms with E-state index in [4.69, 9.17) is 5.11 Å². The minimum Gasteiger partial charge on any atom is -0.476 e. The van der Waals surface area contributed by atoms with Crippen molar-refractivity contribution in [2.75, 3.05) is 0 Å². The molecule has 0 radical (unpaired) electrons. The van der Waals surface area contributed by atoms with Crippen LogP contribution in [0.2, 0.25) is 0 Å². The van der Waals surface area contributed by atoms with E-state index in [9.17, 15) is 9.18 Å². The molecule has 0 amide bonds. The van der Waals surface area contributed by atoms with Crippen molar-refractivity contribution in [3.63, 3.8) is 0 Å². The van der Waals surface area contributed by atoms with Crippen molar-refractivity contribution < 1.29 is 14.3 Å². The van der Waals surface area contributed by atoms with Gasteiger partial charge in [0.25, 0.3) is 0 Å². The minimum atomic E-state index is -1.54. The maximum Gasteiger partial charge on any atom is 0.365 e. The van der Waals surface area contributed by atoms with Crippen molar-refractivity contribution >= 4 is 27.5 Å². The fourth-order valence-corrected chi connectivity index (χ4v) is 1.63. The van der Waals surface area contributed by atoms with Crippen LogP contribution in [0.4, 0.5) is 4.39 Å². The van der Waals surface area contributed by atoms with Gasteiger partial charge in [0.15, 0.2) is 0 Å². The SMILES string of the molecule is C/C(=C(/F)C(=O)O)c1ccccc1Br. The maximum atomic E-state index is 13.0. The summed E-state index contributed by atoms with van der Waals surface area (Å²) >= 11 is 3.22. The second-order valence-corrected chi connectivity index (χ2v) is 3.58. The third-order valence-corrected chi connectivity index (χ3v) is 2.49. The van der Waals surface area contributed by atoms with E-state index in [2.05, 4.69) is 15.9 Å². The van der Waals surface area contributed by atoms with E-state index in [1.54, 1.807) is 24.3 Å². The Morgan fingerprint density at radius 3 is 2.50 bits per heavy atom. The maximum absolute atomic E-state index is 13.0. The van der Waals surface area contributed by atoms with Crippen LogP contribution in [-0.2, 0) is 4.79 Å². The molecule has 0 aliphatic heterocycles. The molecule has 4 heteroatoms. The Morgan fingerprint density at radius 1 is 1.43 bits per heavy atom. The van der Waals surface area contributed by atoms with Crippen LogP contribution in [0.5, 0.6) is 0 Å². The van der Waals surface area contributed by atoms with Crippen LogP contribution in [0.1, 0.15) is 12.5 Å². The summed E-state index contributed by atoms with van der Waals surface area (Å²) in [5.74, 6) is -2.67. The molecule has 0 unspecified atom stereocenters. The van der Waals surface area contributed by atoms with Gasteiger partial charge in [0, 0.05) is 10.0 Å². The van der Waals surface area contributed by atoms with E-state index in [1.165, 1.54) is 6.92 Å². The zero-order valence-corrected chi connectivity index (χ0v) is 9.01. The lowest BCUT2D eigenvalue weighted by Crippen LogP contribution is -1.98. The lowest BCUT2D eigenvalue weighted by molar-refractivity contribution is -0.134. The Hall–Kier alpha value is -1.16. The van der Waals surface area contributed by atoms with Gasteiger partial charge in [-0.1, -0.05) is 34.1 Å². The molecule has 14 heavy (non-hydrogen) atoms. The number of hydrogen-bond donors (Lipinski definition) is 1. The molecule has 0 spiro atoms. The summed E-state index contributed by atoms with van der Waals surface area (Å²) in [5.41, 5.74) is 0.664. The number of allylic oxidation sites excluding steroid dienone is 1. The van der Waals surface area contributed by atoms with Gasteiger partial charge in [-0.3, -0.25) is 0 Å². The molecule has 0 atom stereocenters. The molecular formula is C10H8BrFO2. The van der Waals surface area contributed by atoms with E-state index in [0.29, 0.717) is 10.0 Å². The van der Waals surface area contributed by atoms with Crippen LogP contribution < -0.4 is 0 Å². The third kappa shape index (κ3) is 2.20. The van der Waals surface area contributed by atoms with Crippen molar-refractivity contribution in [1.82, 2.24) is 0 Å². The molecular weight excluding hydrogens is 251 g/mol. The fourth-order valence-electron chi connectivity index (χ4n) is 1.04. The average molecular weight is 259 g/mol. The normalized spacial score (nSPS) is 12.2. The second kappa shape index (κ2) is 4.37. The van der Waals surface area contributed by atoms with Gasteiger partial charge in [0.2, 0.25) is 5.83 Å². The van der Waals surface area contributed by atoms with Crippen LogP contribution in [-0.4, -0.2) is 11.1 Å².